The molecule has 0 N–H and O–H groups in total. The minimum Gasteiger partial charge on any atom is -0.312 e. The van der Waals surface area contributed by atoms with Crippen LogP contribution in [0.4, 0.5) is 8.78 Å². The molecule has 0 aliphatic carbocycles. The molecule has 206 valence electrons. The van der Waals surface area contributed by atoms with Crippen LogP contribution >= 0.6 is 0 Å². The monoisotopic (exact) mass is 537 g/mol. The summed E-state index contributed by atoms with van der Waals surface area (Å²) in [5.41, 5.74) is 0.679. The Morgan fingerprint density at radius 1 is 0.946 bits per heavy atom. The number of aryl methyl sites for hydroxylation is 1. The summed E-state index contributed by atoms with van der Waals surface area (Å²) in [6.45, 7) is 11.3. The molecule has 2 aliphatic rings. The molecule has 0 saturated carbocycles. The van der Waals surface area contributed by atoms with Crippen LogP contribution in [0.5, 0.6) is 0 Å². The van der Waals surface area contributed by atoms with Crippen LogP contribution in [0, 0.1) is 24.5 Å². The van der Waals surface area contributed by atoms with Gasteiger partial charge in [-0.15, -0.1) is 10.2 Å². The lowest BCUT2D eigenvalue weighted by Gasteiger charge is -2.41. The van der Waals surface area contributed by atoms with Gasteiger partial charge in [0, 0.05) is 50.2 Å². The lowest BCUT2D eigenvalue weighted by Crippen LogP contribution is -2.43. The number of hydrogen-bond acceptors (Lipinski definition) is 5. The quantitative estimate of drug-likeness (QED) is 0.481. The van der Waals surface area contributed by atoms with Gasteiger partial charge >= 0.3 is 0 Å². The van der Waals surface area contributed by atoms with Gasteiger partial charge in [-0.3, -0.25) is 0 Å². The van der Waals surface area contributed by atoms with E-state index in [4.69, 9.17) is 0 Å². The predicted octanol–water partition coefficient (Wildman–Crippen LogP) is 4.86. The lowest BCUT2D eigenvalue weighted by atomic mass is 9.77. The molecule has 2 aromatic rings. The summed E-state index contributed by atoms with van der Waals surface area (Å²) in [5, 5.41) is 8.72. The van der Waals surface area contributed by atoms with Crippen molar-refractivity contribution in [2.24, 2.45) is 5.92 Å². The van der Waals surface area contributed by atoms with E-state index in [1.54, 1.807) is 0 Å². The highest BCUT2D eigenvalue weighted by atomic mass is 32.2. The van der Waals surface area contributed by atoms with Crippen LogP contribution in [0.3, 0.4) is 0 Å². The molecule has 4 rings (SSSR count). The Morgan fingerprint density at radius 3 is 2.08 bits per heavy atom. The first kappa shape index (κ1) is 28.1. The molecule has 0 radical (unpaired) electrons. The number of likely N-dealkylation sites (tertiary alicyclic amines) is 1. The van der Waals surface area contributed by atoms with E-state index in [9.17, 15) is 17.2 Å². The smallest absolute Gasteiger partial charge is 0.211 e. The van der Waals surface area contributed by atoms with Gasteiger partial charge in [-0.1, -0.05) is 13.8 Å². The van der Waals surface area contributed by atoms with E-state index in [-0.39, 0.29) is 17.9 Å². The van der Waals surface area contributed by atoms with Crippen LogP contribution in [0.2, 0.25) is 0 Å². The maximum Gasteiger partial charge on any atom is 0.211 e. The van der Waals surface area contributed by atoms with Crippen molar-refractivity contribution >= 4 is 10.0 Å². The van der Waals surface area contributed by atoms with Gasteiger partial charge in [-0.2, -0.15) is 0 Å². The number of hydrogen-bond donors (Lipinski definition) is 0. The number of piperidine rings is 2. The molecule has 2 fully saturated rings. The van der Waals surface area contributed by atoms with Crippen molar-refractivity contribution in [1.29, 1.82) is 0 Å². The van der Waals surface area contributed by atoms with Gasteiger partial charge in [0.25, 0.3) is 0 Å². The molecule has 0 spiro atoms. The molecular formula is C27H41F2N5O2S. The number of nitrogens with zero attached hydrogens (tertiary/aromatic N) is 5. The molecule has 37 heavy (non-hydrogen) atoms. The molecule has 7 nitrogen and oxygen atoms in total. The van der Waals surface area contributed by atoms with Crippen LogP contribution < -0.4 is 0 Å². The predicted molar refractivity (Wildman–Crippen MR) is 141 cm³/mol. The second-order valence-corrected chi connectivity index (χ2v) is 13.3. The zero-order valence-corrected chi connectivity index (χ0v) is 23.5. The molecule has 10 heteroatoms. The summed E-state index contributed by atoms with van der Waals surface area (Å²) in [6, 6.07) is 4.44. The Labute approximate surface area is 220 Å². The Hall–Kier alpha value is -1.91. The number of aromatic nitrogens is 3. The summed E-state index contributed by atoms with van der Waals surface area (Å²) in [6.07, 6.45) is 5.42. The molecule has 0 unspecified atom stereocenters. The lowest BCUT2D eigenvalue weighted by molar-refractivity contribution is 0.120. The molecule has 0 bridgehead atoms. The van der Waals surface area contributed by atoms with Gasteiger partial charge in [0.15, 0.2) is 0 Å². The Morgan fingerprint density at radius 2 is 1.54 bits per heavy atom. The summed E-state index contributed by atoms with van der Waals surface area (Å²) in [7, 11) is -3.23. The van der Waals surface area contributed by atoms with E-state index in [0.717, 1.165) is 50.1 Å². The van der Waals surface area contributed by atoms with E-state index >= 15 is 0 Å². The largest absolute Gasteiger partial charge is 0.312 e. The van der Waals surface area contributed by atoms with E-state index in [1.807, 2.05) is 6.92 Å². The Balaban J connectivity index is 1.46. The third-order valence-corrected chi connectivity index (χ3v) is 9.64. The fraction of sp³-hybridized carbons (Fsp3) is 0.704. The molecule has 0 amide bonds. The number of benzene rings is 1. The van der Waals surface area contributed by atoms with Crippen molar-refractivity contribution in [3.8, 4) is 0 Å². The minimum atomic E-state index is -3.23. The van der Waals surface area contributed by atoms with Crippen molar-refractivity contribution in [2.75, 3.05) is 32.4 Å². The maximum atomic E-state index is 14.2. The van der Waals surface area contributed by atoms with E-state index in [0.29, 0.717) is 43.5 Å². The van der Waals surface area contributed by atoms with Crippen molar-refractivity contribution < 1.29 is 17.2 Å². The van der Waals surface area contributed by atoms with Crippen LogP contribution in [0.1, 0.15) is 88.0 Å². The molecule has 1 aromatic heterocycles. The average molecular weight is 538 g/mol. The van der Waals surface area contributed by atoms with Crippen LogP contribution in [-0.2, 0) is 10.0 Å². The number of rotatable bonds is 8. The third kappa shape index (κ3) is 6.57. The second kappa shape index (κ2) is 11.5. The van der Waals surface area contributed by atoms with Crippen LogP contribution in [0.15, 0.2) is 18.2 Å². The Kier molecular flexibility index (Phi) is 8.70. The molecule has 2 saturated heterocycles. The van der Waals surface area contributed by atoms with Crippen LogP contribution in [-0.4, -0.2) is 70.9 Å². The maximum absolute atomic E-state index is 14.2. The zero-order chi connectivity index (χ0) is 26.9. The molecule has 2 atom stereocenters. The van der Waals surface area contributed by atoms with Gasteiger partial charge in [-0.05, 0) is 75.5 Å². The molecule has 2 aliphatic heterocycles. The summed E-state index contributed by atoms with van der Waals surface area (Å²) >= 11 is 0. The molecular weight excluding hydrogens is 496 g/mol. The first-order valence-corrected chi connectivity index (χ1v) is 15.4. The first-order valence-electron chi connectivity index (χ1n) is 13.5. The Bertz CT molecular complexity index is 1150. The molecule has 3 heterocycles. The standard InChI is InChI=1S/C27H41F2N5O2S/c1-18(2)27-31-30-20(4)34(27)25-8-10-32(11-9-25)19(3)14-26(22-15-23(28)17-24(29)16-22)21-6-12-33(13-7-21)37(5,35)36/h15-19,21,25-26H,6-14H2,1-5H3/t19-,26+/m0/s1. The summed E-state index contributed by atoms with van der Waals surface area (Å²) < 4.78 is 56.3. The van der Waals surface area contributed by atoms with Gasteiger partial charge < -0.3 is 9.47 Å². The third-order valence-electron chi connectivity index (χ3n) is 8.34. The SMILES string of the molecule is Cc1nnc(C(C)C)n1C1CCN([C@@H](C)C[C@@H](c2cc(F)cc(F)c2)C2CCN(S(C)(=O)=O)CC2)CC1. The van der Waals surface area contributed by atoms with Gasteiger partial charge in [0.2, 0.25) is 10.0 Å². The average Bonchev–Trinajstić information content (AvgIpc) is 3.23. The minimum absolute atomic E-state index is 0.0349. The number of halogens is 2. The van der Waals surface area contributed by atoms with E-state index in [1.165, 1.54) is 22.7 Å². The fourth-order valence-electron chi connectivity index (χ4n) is 6.33. The summed E-state index contributed by atoms with van der Waals surface area (Å²) in [5.74, 6) is 1.33. The van der Waals surface area contributed by atoms with Crippen LogP contribution in [0.25, 0.3) is 0 Å². The van der Waals surface area contributed by atoms with Crippen molar-refractivity contribution in [3.05, 3.63) is 47.0 Å². The number of sulfonamides is 1. The zero-order valence-electron chi connectivity index (χ0n) is 22.7. The van der Waals surface area contributed by atoms with Crippen molar-refractivity contribution in [2.45, 2.75) is 83.7 Å². The molecule has 1 aromatic carbocycles. The topological polar surface area (TPSA) is 71.3 Å². The van der Waals surface area contributed by atoms with E-state index < -0.39 is 21.7 Å². The fourth-order valence-corrected chi connectivity index (χ4v) is 7.21. The van der Waals surface area contributed by atoms with Crippen molar-refractivity contribution in [1.82, 2.24) is 24.0 Å². The normalized spacial score (nSPS) is 21.0. The van der Waals surface area contributed by atoms with Gasteiger partial charge in [0.1, 0.15) is 23.3 Å². The highest BCUT2D eigenvalue weighted by Gasteiger charge is 2.34. The second-order valence-electron chi connectivity index (χ2n) is 11.3. The first-order chi connectivity index (χ1) is 17.4. The van der Waals surface area contributed by atoms with E-state index in [2.05, 4.69) is 40.4 Å². The highest BCUT2D eigenvalue weighted by molar-refractivity contribution is 7.88. The van der Waals surface area contributed by atoms with Gasteiger partial charge in [-0.25, -0.2) is 21.5 Å². The highest BCUT2D eigenvalue weighted by Crippen LogP contribution is 2.39. The van der Waals surface area contributed by atoms with Gasteiger partial charge in [0.05, 0.1) is 6.26 Å². The van der Waals surface area contributed by atoms with Crippen molar-refractivity contribution in [3.63, 3.8) is 0 Å². The summed E-state index contributed by atoms with van der Waals surface area (Å²) in [4.78, 5) is 2.49.